The molecule has 0 saturated heterocycles. The molecule has 2 rings (SSSR count). The van der Waals surface area contributed by atoms with Crippen molar-refractivity contribution < 1.29 is 18.7 Å². The summed E-state index contributed by atoms with van der Waals surface area (Å²) in [6.45, 7) is 1.39. The first-order valence-electron chi connectivity index (χ1n) is 7.83. The van der Waals surface area contributed by atoms with E-state index >= 15 is 0 Å². The molecule has 128 valence electrons. The van der Waals surface area contributed by atoms with Gasteiger partial charge < -0.3 is 10.0 Å². The summed E-state index contributed by atoms with van der Waals surface area (Å²) in [5, 5.41) is 9.31. The Labute approximate surface area is 140 Å². The molecule has 2 aromatic carbocycles. The van der Waals surface area contributed by atoms with Crippen molar-refractivity contribution >= 4 is 5.91 Å². The Hall–Kier alpha value is -2.27. The lowest BCUT2D eigenvalue weighted by Gasteiger charge is -2.30. The Bertz CT molecular complexity index is 671. The van der Waals surface area contributed by atoms with E-state index in [0.29, 0.717) is 6.42 Å². The highest BCUT2D eigenvalue weighted by atomic mass is 19.1. The molecule has 3 nitrogen and oxygen atoms in total. The lowest BCUT2D eigenvalue weighted by Crippen LogP contribution is -2.35. The van der Waals surface area contributed by atoms with Crippen LogP contribution in [0.25, 0.3) is 0 Å². The van der Waals surface area contributed by atoms with Gasteiger partial charge in [0, 0.05) is 19.2 Å². The van der Waals surface area contributed by atoms with Gasteiger partial charge in [-0.15, -0.1) is 0 Å². The van der Waals surface area contributed by atoms with Crippen LogP contribution in [0.4, 0.5) is 8.78 Å². The van der Waals surface area contributed by atoms with Crippen molar-refractivity contribution in [2.24, 2.45) is 0 Å². The molecule has 2 atom stereocenters. The van der Waals surface area contributed by atoms with Crippen molar-refractivity contribution in [3.05, 3.63) is 71.3 Å². The molecule has 0 aliphatic heterocycles. The van der Waals surface area contributed by atoms with E-state index in [9.17, 15) is 18.7 Å². The second-order valence-corrected chi connectivity index (χ2v) is 5.74. The summed E-state index contributed by atoms with van der Waals surface area (Å²) in [6.07, 6.45) is 0.346. The highest BCUT2D eigenvalue weighted by Crippen LogP contribution is 2.29. The fourth-order valence-corrected chi connectivity index (χ4v) is 2.89. The zero-order valence-corrected chi connectivity index (χ0v) is 13.7. The number of aliphatic hydroxyl groups excluding tert-OH is 1. The Morgan fingerprint density at radius 3 is 2.21 bits per heavy atom. The number of amides is 1. The van der Waals surface area contributed by atoms with Crippen molar-refractivity contribution in [2.75, 3.05) is 13.7 Å². The summed E-state index contributed by atoms with van der Waals surface area (Å²) < 4.78 is 27.9. The second-order valence-electron chi connectivity index (χ2n) is 5.74. The maximum absolute atomic E-state index is 13.9. The van der Waals surface area contributed by atoms with Gasteiger partial charge in [0.2, 0.25) is 5.91 Å². The highest BCUT2D eigenvalue weighted by molar-refractivity contribution is 5.83. The van der Waals surface area contributed by atoms with E-state index in [0.717, 1.165) is 17.7 Å². The number of aliphatic hydroxyl groups is 1. The normalized spacial score (nSPS) is 13.4. The van der Waals surface area contributed by atoms with Gasteiger partial charge in [-0.2, -0.15) is 0 Å². The van der Waals surface area contributed by atoms with Gasteiger partial charge in [0.05, 0.1) is 12.0 Å². The molecule has 2 aromatic rings. The van der Waals surface area contributed by atoms with Crippen LogP contribution in [0.3, 0.4) is 0 Å². The topological polar surface area (TPSA) is 40.5 Å². The van der Waals surface area contributed by atoms with Crippen molar-refractivity contribution in [2.45, 2.75) is 25.3 Å². The van der Waals surface area contributed by atoms with Gasteiger partial charge in [-0.25, -0.2) is 8.78 Å². The number of hydrogen-bond donors (Lipinski definition) is 1. The predicted octanol–water partition coefficient (Wildman–Crippen LogP) is 3.65. The number of carbonyl (C=O) groups excluding carboxylic acids is 1. The average molecular weight is 333 g/mol. The Balaban J connectivity index is 2.29. The molecule has 0 spiro atoms. The molecule has 0 aliphatic carbocycles. The van der Waals surface area contributed by atoms with Crippen LogP contribution in [0, 0.1) is 11.6 Å². The van der Waals surface area contributed by atoms with Crippen molar-refractivity contribution in [1.82, 2.24) is 4.90 Å². The number of likely N-dealkylation sites (N-methyl/N-ethyl adjacent to an activating group) is 1. The minimum atomic E-state index is -0.957. The molecule has 0 bridgehead atoms. The molecule has 0 fully saturated rings. The van der Waals surface area contributed by atoms with E-state index in [2.05, 4.69) is 0 Å². The van der Waals surface area contributed by atoms with Gasteiger partial charge in [-0.3, -0.25) is 4.79 Å². The summed E-state index contributed by atoms with van der Waals surface area (Å²) in [7, 11) is 1.59. The third kappa shape index (κ3) is 3.79. The van der Waals surface area contributed by atoms with Crippen molar-refractivity contribution in [1.29, 1.82) is 0 Å². The van der Waals surface area contributed by atoms with Gasteiger partial charge in [-0.05, 0) is 31.0 Å². The summed E-state index contributed by atoms with van der Waals surface area (Å²) in [4.78, 5) is 14.2. The predicted molar refractivity (Wildman–Crippen MR) is 88.4 cm³/mol. The number of rotatable bonds is 6. The average Bonchev–Trinajstić information content (AvgIpc) is 2.59. The van der Waals surface area contributed by atoms with E-state index in [1.54, 1.807) is 7.05 Å². The molecule has 0 aromatic heterocycles. The molecule has 1 N–H and O–H groups in total. The monoisotopic (exact) mass is 333 g/mol. The number of nitrogens with zero attached hydrogens (tertiary/aromatic N) is 1. The third-order valence-electron chi connectivity index (χ3n) is 4.21. The van der Waals surface area contributed by atoms with Gasteiger partial charge in [0.15, 0.2) is 0 Å². The van der Waals surface area contributed by atoms with Gasteiger partial charge in [-0.1, -0.05) is 36.4 Å². The van der Waals surface area contributed by atoms with E-state index in [1.165, 1.54) is 17.9 Å². The third-order valence-corrected chi connectivity index (χ3v) is 4.21. The zero-order valence-electron chi connectivity index (χ0n) is 13.7. The Morgan fingerprint density at radius 1 is 1.08 bits per heavy atom. The summed E-state index contributed by atoms with van der Waals surface area (Å²) in [5.74, 6) is -2.83. The molecule has 2 unspecified atom stereocenters. The van der Waals surface area contributed by atoms with Crippen LogP contribution in [0.5, 0.6) is 0 Å². The first-order valence-corrected chi connectivity index (χ1v) is 7.83. The summed E-state index contributed by atoms with van der Waals surface area (Å²) in [5.41, 5.74) is 0.633. The molecular formula is C19H21F2NO2. The summed E-state index contributed by atoms with van der Waals surface area (Å²) >= 11 is 0. The Kier molecular flexibility index (Phi) is 6.04. The van der Waals surface area contributed by atoms with Crippen LogP contribution in [0.15, 0.2) is 48.5 Å². The minimum Gasteiger partial charge on any atom is -0.396 e. The standard InChI is InChI=1S/C19H21F2NO2/c1-13(18-15(20)9-6-10-16(18)21)19(24)22(2)17(11-12-23)14-7-4-3-5-8-14/h3-10,13,17,23H,11-12H2,1-2H3. The van der Waals surface area contributed by atoms with Crippen LogP contribution >= 0.6 is 0 Å². The lowest BCUT2D eigenvalue weighted by atomic mass is 9.96. The first-order chi connectivity index (χ1) is 11.5. The molecule has 0 saturated carbocycles. The van der Waals surface area contributed by atoms with Gasteiger partial charge >= 0.3 is 0 Å². The first kappa shape index (κ1) is 18.1. The fraction of sp³-hybridized carbons (Fsp3) is 0.316. The Morgan fingerprint density at radius 2 is 1.67 bits per heavy atom. The lowest BCUT2D eigenvalue weighted by molar-refractivity contribution is -0.133. The largest absolute Gasteiger partial charge is 0.396 e. The second kappa shape index (κ2) is 8.02. The molecule has 0 aliphatic rings. The van der Waals surface area contributed by atoms with E-state index in [1.807, 2.05) is 30.3 Å². The molecule has 24 heavy (non-hydrogen) atoms. The SMILES string of the molecule is CC(C(=O)N(C)C(CCO)c1ccccc1)c1c(F)cccc1F. The van der Waals surface area contributed by atoms with Gasteiger partial charge in [0.1, 0.15) is 11.6 Å². The highest BCUT2D eigenvalue weighted by Gasteiger charge is 2.29. The van der Waals surface area contributed by atoms with E-state index in [4.69, 9.17) is 0 Å². The maximum Gasteiger partial charge on any atom is 0.230 e. The number of halogens is 2. The zero-order chi connectivity index (χ0) is 17.7. The van der Waals surface area contributed by atoms with Crippen LogP contribution in [0.2, 0.25) is 0 Å². The molecule has 0 radical (unpaired) electrons. The fourth-order valence-electron chi connectivity index (χ4n) is 2.89. The van der Waals surface area contributed by atoms with Crippen LogP contribution in [-0.2, 0) is 4.79 Å². The molecular weight excluding hydrogens is 312 g/mol. The number of carbonyl (C=O) groups is 1. The molecule has 1 amide bonds. The minimum absolute atomic E-state index is 0.0976. The maximum atomic E-state index is 13.9. The van der Waals surface area contributed by atoms with E-state index in [-0.39, 0.29) is 18.2 Å². The quantitative estimate of drug-likeness (QED) is 0.876. The smallest absolute Gasteiger partial charge is 0.230 e. The van der Waals surface area contributed by atoms with Crippen molar-refractivity contribution in [3.8, 4) is 0 Å². The number of hydrogen-bond acceptors (Lipinski definition) is 2. The van der Waals surface area contributed by atoms with Gasteiger partial charge in [0.25, 0.3) is 0 Å². The van der Waals surface area contributed by atoms with Crippen LogP contribution < -0.4 is 0 Å². The summed E-state index contributed by atoms with van der Waals surface area (Å²) in [6, 6.07) is 12.5. The number of benzene rings is 2. The van der Waals surface area contributed by atoms with Crippen LogP contribution in [-0.4, -0.2) is 29.6 Å². The van der Waals surface area contributed by atoms with Crippen molar-refractivity contribution in [3.63, 3.8) is 0 Å². The van der Waals surface area contributed by atoms with E-state index < -0.39 is 23.5 Å². The molecule has 0 heterocycles. The molecule has 5 heteroatoms. The van der Waals surface area contributed by atoms with Crippen LogP contribution in [0.1, 0.15) is 36.4 Å².